The van der Waals surface area contributed by atoms with Gasteiger partial charge in [0.25, 0.3) is 0 Å². The summed E-state index contributed by atoms with van der Waals surface area (Å²) in [5.41, 5.74) is 3.07. The molecule has 0 saturated carbocycles. The van der Waals surface area contributed by atoms with E-state index in [0.717, 1.165) is 18.7 Å². The van der Waals surface area contributed by atoms with Crippen LogP contribution >= 0.6 is 11.3 Å². The predicted octanol–water partition coefficient (Wildman–Crippen LogP) is 4.75. The second-order valence-electron chi connectivity index (χ2n) is 7.12. The van der Waals surface area contributed by atoms with E-state index in [4.69, 9.17) is 0 Å². The molecule has 2 aromatic heterocycles. The number of rotatable bonds is 5. The van der Waals surface area contributed by atoms with Gasteiger partial charge < -0.3 is 4.90 Å². The number of hydrogen-bond acceptors (Lipinski definition) is 5. The molecule has 2 aromatic carbocycles. The molecule has 30 heavy (non-hydrogen) atoms. The molecule has 5 nitrogen and oxygen atoms in total. The number of hydrogen-bond donors (Lipinski definition) is 0. The first kappa shape index (κ1) is 18.8. The van der Waals surface area contributed by atoms with Crippen molar-refractivity contribution in [1.29, 1.82) is 0 Å². The van der Waals surface area contributed by atoms with Crippen LogP contribution in [0, 0.1) is 0 Å². The Hall–Kier alpha value is -3.16. The van der Waals surface area contributed by atoms with Gasteiger partial charge in [0.15, 0.2) is 0 Å². The highest BCUT2D eigenvalue weighted by Crippen LogP contribution is 2.27. The van der Waals surface area contributed by atoms with Crippen molar-refractivity contribution in [3.63, 3.8) is 0 Å². The number of aromatic nitrogens is 2. The monoisotopic (exact) mass is 433 g/mol. The molecule has 0 unspecified atom stereocenters. The maximum Gasteiger partial charge on any atom is 0.206 e. The molecule has 1 aliphatic heterocycles. The lowest BCUT2D eigenvalue weighted by atomic mass is 10.1. The third-order valence-electron chi connectivity index (χ3n) is 5.11. The van der Waals surface area contributed by atoms with E-state index in [2.05, 4.69) is 33.7 Å². The summed E-state index contributed by atoms with van der Waals surface area (Å²) in [5.74, 6) is 0. The van der Waals surface area contributed by atoms with Crippen LogP contribution in [0.15, 0.2) is 94.4 Å². The first-order chi connectivity index (χ1) is 14.6. The molecule has 0 aliphatic carbocycles. The minimum Gasteiger partial charge on any atom is -0.368 e. The Morgan fingerprint density at radius 3 is 2.67 bits per heavy atom. The van der Waals surface area contributed by atoms with Crippen molar-refractivity contribution in [3.8, 4) is 5.69 Å². The van der Waals surface area contributed by atoms with Gasteiger partial charge in [-0.25, -0.2) is 13.1 Å². The fourth-order valence-corrected chi connectivity index (χ4v) is 5.71. The first-order valence-corrected chi connectivity index (χ1v) is 11.9. The van der Waals surface area contributed by atoms with E-state index in [1.54, 1.807) is 64.8 Å². The number of sulfone groups is 1. The van der Waals surface area contributed by atoms with Crippen LogP contribution in [0.1, 0.15) is 16.0 Å². The van der Waals surface area contributed by atoms with E-state index in [-0.39, 0.29) is 4.90 Å². The van der Waals surface area contributed by atoms with Gasteiger partial charge in [-0.3, -0.25) is 0 Å². The number of fused-ring (bicyclic) bond motifs is 1. The second kappa shape index (κ2) is 7.59. The fourth-order valence-electron chi connectivity index (χ4n) is 3.52. The van der Waals surface area contributed by atoms with Gasteiger partial charge in [0.1, 0.15) is 0 Å². The Labute approximate surface area is 179 Å². The van der Waals surface area contributed by atoms with Gasteiger partial charge in [-0.05, 0) is 65.0 Å². The number of nitrogens with zero attached hydrogens (tertiary/aromatic N) is 3. The van der Waals surface area contributed by atoms with Gasteiger partial charge in [-0.15, -0.1) is 11.3 Å². The predicted molar refractivity (Wildman–Crippen MR) is 118 cm³/mol. The van der Waals surface area contributed by atoms with Crippen molar-refractivity contribution in [2.75, 3.05) is 0 Å². The number of benzene rings is 2. The Balaban J connectivity index is 1.35. The van der Waals surface area contributed by atoms with Crippen molar-refractivity contribution in [2.24, 2.45) is 0 Å². The molecular weight excluding hydrogens is 414 g/mol. The van der Waals surface area contributed by atoms with Crippen molar-refractivity contribution in [1.82, 2.24) is 14.7 Å². The van der Waals surface area contributed by atoms with Crippen LogP contribution in [-0.2, 0) is 22.9 Å². The zero-order chi connectivity index (χ0) is 20.6. The third kappa shape index (κ3) is 3.58. The van der Waals surface area contributed by atoms with Crippen molar-refractivity contribution < 1.29 is 8.42 Å². The average Bonchev–Trinajstić information content (AvgIpc) is 3.46. The SMILES string of the molecule is O=S(=O)(c1ccc(CN2C=Cc3ccsc3C2)cc1)c1cccc(-n2cccn2)c1. The van der Waals surface area contributed by atoms with E-state index in [1.165, 1.54) is 10.4 Å². The van der Waals surface area contributed by atoms with Crippen LogP contribution in [0.25, 0.3) is 11.8 Å². The third-order valence-corrected chi connectivity index (χ3v) is 7.80. The minimum absolute atomic E-state index is 0.257. The van der Waals surface area contributed by atoms with Crippen molar-refractivity contribution in [3.05, 3.63) is 101 Å². The molecule has 4 aromatic rings. The molecule has 5 rings (SSSR count). The van der Waals surface area contributed by atoms with E-state index >= 15 is 0 Å². The topological polar surface area (TPSA) is 55.2 Å². The zero-order valence-electron chi connectivity index (χ0n) is 16.0. The minimum atomic E-state index is -3.60. The Morgan fingerprint density at radius 2 is 1.87 bits per heavy atom. The normalized spacial score (nSPS) is 13.4. The van der Waals surface area contributed by atoms with Crippen LogP contribution in [0.2, 0.25) is 0 Å². The first-order valence-electron chi connectivity index (χ1n) is 9.52. The van der Waals surface area contributed by atoms with Crippen LogP contribution in [0.3, 0.4) is 0 Å². The summed E-state index contributed by atoms with van der Waals surface area (Å²) in [6, 6.07) is 17.9. The quantitative estimate of drug-likeness (QED) is 0.456. The fraction of sp³-hybridized carbons (Fsp3) is 0.0870. The molecule has 0 amide bonds. The molecule has 7 heteroatoms. The van der Waals surface area contributed by atoms with Gasteiger partial charge in [0.2, 0.25) is 9.84 Å². The van der Waals surface area contributed by atoms with E-state index < -0.39 is 9.84 Å². The lowest BCUT2D eigenvalue weighted by molar-refractivity contribution is 0.363. The molecular formula is C23H19N3O2S2. The lowest BCUT2D eigenvalue weighted by Crippen LogP contribution is -2.18. The summed E-state index contributed by atoms with van der Waals surface area (Å²) in [5, 5.41) is 6.28. The van der Waals surface area contributed by atoms with E-state index in [1.807, 2.05) is 18.2 Å². The molecule has 0 spiro atoms. The maximum absolute atomic E-state index is 13.1. The van der Waals surface area contributed by atoms with Gasteiger partial charge in [-0.2, -0.15) is 5.10 Å². The average molecular weight is 434 g/mol. The molecule has 3 heterocycles. The standard InChI is InChI=1S/C23H19N3O2S2/c27-30(28,22-4-1-3-20(15-22)26-12-2-11-24-26)21-7-5-18(6-8-21)16-25-13-9-19-10-14-29-23(19)17-25/h1-15H,16-17H2. The largest absolute Gasteiger partial charge is 0.368 e. The molecule has 0 saturated heterocycles. The molecule has 1 aliphatic rings. The summed E-state index contributed by atoms with van der Waals surface area (Å²) in [4.78, 5) is 4.13. The Bertz CT molecular complexity index is 1300. The van der Waals surface area contributed by atoms with Crippen molar-refractivity contribution >= 4 is 27.3 Å². The molecule has 0 N–H and O–H groups in total. The summed E-state index contributed by atoms with van der Waals surface area (Å²) in [6.45, 7) is 1.62. The summed E-state index contributed by atoms with van der Waals surface area (Å²) < 4.78 is 27.9. The lowest BCUT2D eigenvalue weighted by Gasteiger charge is -2.23. The number of thiophene rings is 1. The maximum atomic E-state index is 13.1. The van der Waals surface area contributed by atoms with Crippen LogP contribution in [0.4, 0.5) is 0 Å². The van der Waals surface area contributed by atoms with Gasteiger partial charge in [0.05, 0.1) is 22.0 Å². The summed E-state index contributed by atoms with van der Waals surface area (Å²) in [7, 11) is -3.60. The molecule has 150 valence electrons. The molecule has 0 bridgehead atoms. The Kier molecular flexibility index (Phi) is 4.77. The highest BCUT2D eigenvalue weighted by atomic mass is 32.2. The van der Waals surface area contributed by atoms with Gasteiger partial charge in [-0.1, -0.05) is 18.2 Å². The van der Waals surface area contributed by atoms with Crippen molar-refractivity contribution in [2.45, 2.75) is 22.9 Å². The molecule has 0 atom stereocenters. The van der Waals surface area contributed by atoms with Crippen LogP contribution in [-0.4, -0.2) is 23.1 Å². The second-order valence-corrected chi connectivity index (χ2v) is 10.1. The highest BCUT2D eigenvalue weighted by Gasteiger charge is 2.19. The van der Waals surface area contributed by atoms with Gasteiger partial charge in [0, 0.05) is 30.0 Å². The summed E-state index contributed by atoms with van der Waals surface area (Å²) in [6.07, 6.45) is 7.67. The smallest absolute Gasteiger partial charge is 0.206 e. The highest BCUT2D eigenvalue weighted by molar-refractivity contribution is 7.91. The molecule has 0 fully saturated rings. The zero-order valence-corrected chi connectivity index (χ0v) is 17.7. The summed E-state index contributed by atoms with van der Waals surface area (Å²) >= 11 is 1.76. The van der Waals surface area contributed by atoms with E-state index in [9.17, 15) is 8.42 Å². The van der Waals surface area contributed by atoms with Crippen LogP contribution < -0.4 is 0 Å². The van der Waals surface area contributed by atoms with Gasteiger partial charge >= 0.3 is 0 Å². The molecule has 0 radical (unpaired) electrons. The Morgan fingerprint density at radius 1 is 1.00 bits per heavy atom. The van der Waals surface area contributed by atoms with Crippen LogP contribution in [0.5, 0.6) is 0 Å². The van der Waals surface area contributed by atoms with E-state index in [0.29, 0.717) is 10.6 Å².